The lowest BCUT2D eigenvalue weighted by Crippen LogP contribution is -2.23. The Labute approximate surface area is 107 Å². The fourth-order valence-corrected chi connectivity index (χ4v) is 1.95. The fourth-order valence-electron chi connectivity index (χ4n) is 1.95. The highest BCUT2D eigenvalue weighted by molar-refractivity contribution is 5.55. The Bertz CT molecular complexity index is 506. The first-order valence-electron chi connectivity index (χ1n) is 6.14. The summed E-state index contributed by atoms with van der Waals surface area (Å²) in [5.74, 6) is 0. The predicted octanol–water partition coefficient (Wildman–Crippen LogP) is 1.81. The molecule has 0 aliphatic heterocycles. The number of nitrogens with two attached hydrogens (primary N) is 1. The Morgan fingerprint density at radius 3 is 2.83 bits per heavy atom. The average Bonchev–Trinajstić information content (AvgIpc) is 2.74. The third-order valence-corrected chi connectivity index (χ3v) is 2.73. The topological polar surface area (TPSA) is 60.0 Å². The fraction of sp³-hybridized carbons (Fsp3) is 0.385. The number of hydrogen-bond donors (Lipinski definition) is 1. The number of aryl methyl sites for hydroxylation is 1. The van der Waals surface area contributed by atoms with E-state index in [1.165, 1.54) is 0 Å². The Kier molecular flexibility index (Phi) is 3.82. The van der Waals surface area contributed by atoms with Gasteiger partial charge in [-0.05, 0) is 24.6 Å². The van der Waals surface area contributed by atoms with Gasteiger partial charge < -0.3 is 10.6 Å². The molecule has 0 spiro atoms. The van der Waals surface area contributed by atoms with Gasteiger partial charge in [0.1, 0.15) is 5.69 Å². The summed E-state index contributed by atoms with van der Waals surface area (Å²) < 4.78 is 1.72. The van der Waals surface area contributed by atoms with Crippen molar-refractivity contribution in [2.45, 2.75) is 19.9 Å². The van der Waals surface area contributed by atoms with Gasteiger partial charge in [-0.25, -0.2) is 0 Å². The molecule has 0 aliphatic carbocycles. The SMILES string of the molecule is CCCN(Cc1cn(C)nn1)c1cccc(N)c1. The Balaban J connectivity index is 2.17. The van der Waals surface area contributed by atoms with Crippen LogP contribution < -0.4 is 10.6 Å². The molecule has 0 amide bonds. The predicted molar refractivity (Wildman–Crippen MR) is 73.2 cm³/mol. The maximum absolute atomic E-state index is 5.83. The first-order valence-corrected chi connectivity index (χ1v) is 6.14. The highest BCUT2D eigenvalue weighted by Crippen LogP contribution is 2.19. The van der Waals surface area contributed by atoms with E-state index in [2.05, 4.69) is 28.2 Å². The van der Waals surface area contributed by atoms with Crippen LogP contribution in [0.15, 0.2) is 30.5 Å². The standard InChI is InChI=1S/C13H19N5/c1-3-7-18(10-12-9-17(2)16-15-12)13-6-4-5-11(14)8-13/h4-6,8-9H,3,7,10,14H2,1-2H3. The van der Waals surface area contributed by atoms with Crippen LogP contribution in [0.5, 0.6) is 0 Å². The molecule has 2 rings (SSSR count). The van der Waals surface area contributed by atoms with Crippen molar-refractivity contribution in [3.05, 3.63) is 36.2 Å². The van der Waals surface area contributed by atoms with Crippen LogP contribution in [-0.2, 0) is 13.6 Å². The van der Waals surface area contributed by atoms with Gasteiger partial charge in [-0.15, -0.1) is 5.10 Å². The minimum Gasteiger partial charge on any atom is -0.399 e. The monoisotopic (exact) mass is 245 g/mol. The summed E-state index contributed by atoms with van der Waals surface area (Å²) >= 11 is 0. The van der Waals surface area contributed by atoms with Gasteiger partial charge in [0, 0.05) is 31.2 Å². The molecule has 2 N–H and O–H groups in total. The van der Waals surface area contributed by atoms with Crippen LogP contribution in [0.3, 0.4) is 0 Å². The van der Waals surface area contributed by atoms with E-state index in [-0.39, 0.29) is 0 Å². The van der Waals surface area contributed by atoms with Gasteiger partial charge in [-0.3, -0.25) is 4.68 Å². The molecule has 1 heterocycles. The minimum atomic E-state index is 0.755. The summed E-state index contributed by atoms with van der Waals surface area (Å²) in [6, 6.07) is 7.94. The molecule has 0 aliphatic rings. The number of rotatable bonds is 5. The molecule has 5 heteroatoms. The summed E-state index contributed by atoms with van der Waals surface area (Å²) in [6.07, 6.45) is 3.02. The molecule has 0 atom stereocenters. The normalized spacial score (nSPS) is 10.6. The molecular weight excluding hydrogens is 226 g/mol. The van der Waals surface area contributed by atoms with Crippen molar-refractivity contribution in [1.29, 1.82) is 0 Å². The molecule has 0 radical (unpaired) electrons. The van der Waals surface area contributed by atoms with E-state index in [9.17, 15) is 0 Å². The Morgan fingerprint density at radius 1 is 1.39 bits per heavy atom. The maximum Gasteiger partial charge on any atom is 0.102 e. The number of nitrogens with zero attached hydrogens (tertiary/aromatic N) is 4. The van der Waals surface area contributed by atoms with Gasteiger partial charge in [-0.1, -0.05) is 18.2 Å². The Hall–Kier alpha value is -2.04. The smallest absolute Gasteiger partial charge is 0.102 e. The van der Waals surface area contributed by atoms with Crippen molar-refractivity contribution in [1.82, 2.24) is 15.0 Å². The molecule has 0 bridgehead atoms. The molecule has 5 nitrogen and oxygen atoms in total. The van der Waals surface area contributed by atoms with E-state index in [1.807, 2.05) is 31.4 Å². The molecule has 1 aromatic carbocycles. The van der Waals surface area contributed by atoms with Crippen LogP contribution in [-0.4, -0.2) is 21.5 Å². The third kappa shape index (κ3) is 3.00. The van der Waals surface area contributed by atoms with Crippen LogP contribution in [0, 0.1) is 0 Å². The summed E-state index contributed by atoms with van der Waals surface area (Å²) in [7, 11) is 1.88. The second-order valence-electron chi connectivity index (χ2n) is 4.40. The van der Waals surface area contributed by atoms with Crippen molar-refractivity contribution < 1.29 is 0 Å². The lowest BCUT2D eigenvalue weighted by atomic mass is 10.2. The van der Waals surface area contributed by atoms with E-state index < -0.39 is 0 Å². The van der Waals surface area contributed by atoms with Crippen LogP contribution in [0.25, 0.3) is 0 Å². The number of benzene rings is 1. The van der Waals surface area contributed by atoms with Crippen LogP contribution in [0.2, 0.25) is 0 Å². The zero-order valence-corrected chi connectivity index (χ0v) is 10.9. The summed E-state index contributed by atoms with van der Waals surface area (Å²) in [5.41, 5.74) is 8.71. The molecule has 96 valence electrons. The van der Waals surface area contributed by atoms with Gasteiger partial charge in [0.25, 0.3) is 0 Å². The van der Waals surface area contributed by atoms with E-state index >= 15 is 0 Å². The maximum atomic E-state index is 5.83. The van der Waals surface area contributed by atoms with Crippen molar-refractivity contribution in [2.24, 2.45) is 7.05 Å². The van der Waals surface area contributed by atoms with Gasteiger partial charge >= 0.3 is 0 Å². The zero-order chi connectivity index (χ0) is 13.0. The number of anilines is 2. The van der Waals surface area contributed by atoms with Crippen LogP contribution in [0.4, 0.5) is 11.4 Å². The van der Waals surface area contributed by atoms with Gasteiger partial charge in [0.2, 0.25) is 0 Å². The molecule has 1 aromatic heterocycles. The van der Waals surface area contributed by atoms with Crippen molar-refractivity contribution in [2.75, 3.05) is 17.2 Å². The van der Waals surface area contributed by atoms with E-state index in [0.29, 0.717) is 0 Å². The molecule has 0 fully saturated rings. The van der Waals surface area contributed by atoms with E-state index in [0.717, 1.165) is 36.6 Å². The van der Waals surface area contributed by atoms with Gasteiger partial charge in [-0.2, -0.15) is 0 Å². The van der Waals surface area contributed by atoms with Crippen LogP contribution >= 0.6 is 0 Å². The largest absolute Gasteiger partial charge is 0.399 e. The first kappa shape index (κ1) is 12.4. The number of aromatic nitrogens is 3. The third-order valence-electron chi connectivity index (χ3n) is 2.73. The average molecular weight is 245 g/mol. The highest BCUT2D eigenvalue weighted by Gasteiger charge is 2.09. The molecular formula is C13H19N5. The number of nitrogen functional groups attached to an aromatic ring is 1. The number of hydrogen-bond acceptors (Lipinski definition) is 4. The lowest BCUT2D eigenvalue weighted by molar-refractivity contribution is 0.709. The molecule has 0 saturated carbocycles. The van der Waals surface area contributed by atoms with Crippen molar-refractivity contribution in [3.63, 3.8) is 0 Å². The highest BCUT2D eigenvalue weighted by atomic mass is 15.4. The van der Waals surface area contributed by atoms with Crippen molar-refractivity contribution in [3.8, 4) is 0 Å². The summed E-state index contributed by atoms with van der Waals surface area (Å²) in [5, 5.41) is 8.08. The minimum absolute atomic E-state index is 0.755. The second-order valence-corrected chi connectivity index (χ2v) is 4.40. The summed E-state index contributed by atoms with van der Waals surface area (Å²) in [6.45, 7) is 3.89. The molecule has 0 saturated heterocycles. The van der Waals surface area contributed by atoms with Crippen molar-refractivity contribution >= 4 is 11.4 Å². The summed E-state index contributed by atoms with van der Waals surface area (Å²) in [4.78, 5) is 2.26. The van der Waals surface area contributed by atoms with E-state index in [4.69, 9.17) is 5.73 Å². The molecule has 0 unspecified atom stereocenters. The zero-order valence-electron chi connectivity index (χ0n) is 10.9. The van der Waals surface area contributed by atoms with E-state index in [1.54, 1.807) is 4.68 Å². The quantitative estimate of drug-likeness (QED) is 0.816. The van der Waals surface area contributed by atoms with Gasteiger partial charge in [0.05, 0.1) is 6.54 Å². The first-order chi connectivity index (χ1) is 8.69. The lowest BCUT2D eigenvalue weighted by Gasteiger charge is -2.23. The van der Waals surface area contributed by atoms with Gasteiger partial charge in [0.15, 0.2) is 0 Å². The Morgan fingerprint density at radius 2 is 2.22 bits per heavy atom. The van der Waals surface area contributed by atoms with Crippen LogP contribution in [0.1, 0.15) is 19.0 Å². The molecule has 2 aromatic rings. The molecule has 18 heavy (non-hydrogen) atoms. The second kappa shape index (κ2) is 5.53.